The van der Waals surface area contributed by atoms with Crippen LogP contribution in [0.2, 0.25) is 0 Å². The van der Waals surface area contributed by atoms with E-state index in [4.69, 9.17) is 0 Å². The van der Waals surface area contributed by atoms with Crippen molar-refractivity contribution >= 4 is 28.0 Å². The zero-order valence-corrected chi connectivity index (χ0v) is 17.1. The van der Waals surface area contributed by atoms with Gasteiger partial charge in [0.2, 0.25) is 0 Å². The highest BCUT2D eigenvalue weighted by Crippen LogP contribution is 2.17. The molecule has 1 aliphatic rings. The molecule has 0 bridgehead atoms. The average Bonchev–Trinajstić information content (AvgIpc) is 3.23. The molecule has 0 radical (unpaired) electrons. The number of benzene rings is 2. The molecule has 3 aromatic rings. The maximum atomic E-state index is 12.2. The summed E-state index contributed by atoms with van der Waals surface area (Å²) in [5.74, 6) is 0.184. The summed E-state index contributed by atoms with van der Waals surface area (Å²) in [6.45, 7) is 6.80. The second kappa shape index (κ2) is 9.32. The van der Waals surface area contributed by atoms with Gasteiger partial charge in [-0.2, -0.15) is 0 Å². The van der Waals surface area contributed by atoms with E-state index in [1.54, 1.807) is 16.2 Å². The topological polar surface area (TPSA) is 38.0 Å². The van der Waals surface area contributed by atoms with Crippen LogP contribution in [0.4, 0.5) is 0 Å². The van der Waals surface area contributed by atoms with Crippen molar-refractivity contribution in [1.29, 1.82) is 0 Å². The Kier molecular flexibility index (Phi) is 6.37. The number of nitrogens with one attached hydrogen (secondary N) is 3. The van der Waals surface area contributed by atoms with E-state index < -0.39 is 0 Å². The first kappa shape index (κ1) is 19.1. The maximum Gasteiger partial charge on any atom is 0.275 e. The van der Waals surface area contributed by atoms with Crippen molar-refractivity contribution in [3.8, 4) is 0 Å². The molecular weight excluding hydrogens is 366 g/mol. The monoisotopic (exact) mass is 395 g/mol. The van der Waals surface area contributed by atoms with Crippen molar-refractivity contribution in [3.05, 3.63) is 70.4 Å². The molecule has 0 unspecified atom stereocenters. The van der Waals surface area contributed by atoms with Crippen LogP contribution in [0.15, 0.2) is 60.0 Å². The van der Waals surface area contributed by atoms with Crippen LogP contribution in [-0.2, 0) is 17.8 Å². The predicted molar refractivity (Wildman–Crippen MR) is 115 cm³/mol. The van der Waals surface area contributed by atoms with Crippen LogP contribution in [-0.4, -0.2) is 45.2 Å². The van der Waals surface area contributed by atoms with Gasteiger partial charge in [0, 0.05) is 17.0 Å². The van der Waals surface area contributed by atoms with Gasteiger partial charge in [0.1, 0.15) is 32.7 Å². The quantitative estimate of drug-likeness (QED) is 0.537. The lowest BCUT2D eigenvalue weighted by atomic mass is 10.0. The molecule has 0 saturated carbocycles. The van der Waals surface area contributed by atoms with Crippen molar-refractivity contribution in [2.45, 2.75) is 13.0 Å². The van der Waals surface area contributed by atoms with E-state index in [2.05, 4.69) is 65.3 Å². The maximum absolute atomic E-state index is 12.2. The molecule has 0 atom stereocenters. The van der Waals surface area contributed by atoms with E-state index >= 15 is 0 Å². The Morgan fingerprint density at radius 1 is 0.929 bits per heavy atom. The van der Waals surface area contributed by atoms with E-state index in [0.717, 1.165) is 45.7 Å². The molecule has 5 heteroatoms. The van der Waals surface area contributed by atoms with Gasteiger partial charge in [0.05, 0.1) is 0 Å². The number of hydrogen-bond donors (Lipinski definition) is 3. The standard InChI is InChI=1S/C23H27N3OS/c27-23(24-11-10-21-8-4-16-28-21)18-26-14-12-25(13-15-26)17-20-7-3-6-19-5-1-2-9-22(19)20/h1-9,16H,10-15,17-18H2,(H,24,27)/p+2. The van der Waals surface area contributed by atoms with Crippen LogP contribution in [0, 0.1) is 0 Å². The summed E-state index contributed by atoms with van der Waals surface area (Å²) in [5, 5.41) is 7.86. The van der Waals surface area contributed by atoms with E-state index in [1.807, 2.05) is 0 Å². The van der Waals surface area contributed by atoms with Crippen LogP contribution in [0.1, 0.15) is 10.4 Å². The molecular formula is C23H29N3OS+2. The summed E-state index contributed by atoms with van der Waals surface area (Å²) in [6, 6.07) is 19.4. The Labute approximate surface area is 170 Å². The number of rotatable bonds is 7. The van der Waals surface area contributed by atoms with Gasteiger partial charge in [-0.05, 0) is 28.6 Å². The Bertz CT molecular complexity index is 896. The lowest BCUT2D eigenvalue weighted by molar-refractivity contribution is -1.02. The minimum atomic E-state index is 0.184. The largest absolute Gasteiger partial charge is 0.351 e. The van der Waals surface area contributed by atoms with Crippen LogP contribution < -0.4 is 15.1 Å². The zero-order valence-electron chi connectivity index (χ0n) is 16.2. The number of carbonyl (C=O) groups excluding carboxylic acids is 1. The van der Waals surface area contributed by atoms with Crippen molar-refractivity contribution < 1.29 is 14.6 Å². The van der Waals surface area contributed by atoms with Crippen molar-refractivity contribution in [2.24, 2.45) is 0 Å². The van der Waals surface area contributed by atoms with E-state index in [9.17, 15) is 4.79 Å². The fourth-order valence-electron chi connectivity index (χ4n) is 4.10. The number of quaternary nitrogens is 2. The molecule has 0 spiro atoms. The highest BCUT2D eigenvalue weighted by molar-refractivity contribution is 7.09. The van der Waals surface area contributed by atoms with Crippen molar-refractivity contribution in [3.63, 3.8) is 0 Å². The van der Waals surface area contributed by atoms with Gasteiger partial charge >= 0.3 is 0 Å². The summed E-state index contributed by atoms with van der Waals surface area (Å²) < 4.78 is 0. The Morgan fingerprint density at radius 2 is 1.71 bits per heavy atom. The van der Waals surface area contributed by atoms with Gasteiger partial charge in [-0.3, -0.25) is 4.79 Å². The molecule has 1 fully saturated rings. The Hall–Kier alpha value is -2.21. The second-order valence-corrected chi connectivity index (χ2v) is 8.70. The van der Waals surface area contributed by atoms with Crippen molar-refractivity contribution in [2.75, 3.05) is 39.3 Å². The van der Waals surface area contributed by atoms with Crippen LogP contribution >= 0.6 is 11.3 Å². The first-order valence-corrected chi connectivity index (χ1v) is 11.1. The number of carbonyl (C=O) groups is 1. The Balaban J connectivity index is 1.21. The van der Waals surface area contributed by atoms with Gasteiger partial charge < -0.3 is 15.1 Å². The third kappa shape index (κ3) is 4.98. The normalized spacial score (nSPS) is 19.6. The molecule has 0 aliphatic carbocycles. The third-order valence-corrected chi connectivity index (χ3v) is 6.61. The highest BCUT2D eigenvalue weighted by Gasteiger charge is 2.25. The first-order chi connectivity index (χ1) is 13.8. The number of hydrogen-bond acceptors (Lipinski definition) is 2. The van der Waals surface area contributed by atoms with Gasteiger partial charge in [0.15, 0.2) is 6.54 Å². The zero-order chi connectivity index (χ0) is 19.2. The first-order valence-electron chi connectivity index (χ1n) is 10.2. The van der Waals surface area contributed by atoms with E-state index in [0.29, 0.717) is 6.54 Å². The SMILES string of the molecule is O=C(C[NH+]1CC[NH+](Cc2cccc3ccccc23)CC1)NCCc1cccs1. The molecule has 28 heavy (non-hydrogen) atoms. The molecule has 4 rings (SSSR count). The van der Waals surface area contributed by atoms with Gasteiger partial charge in [-0.15, -0.1) is 11.3 Å². The van der Waals surface area contributed by atoms with Crippen molar-refractivity contribution in [1.82, 2.24) is 5.32 Å². The van der Waals surface area contributed by atoms with Crippen LogP contribution in [0.25, 0.3) is 10.8 Å². The fourth-order valence-corrected chi connectivity index (χ4v) is 4.81. The third-order valence-electron chi connectivity index (χ3n) is 5.67. The molecule has 2 heterocycles. The molecule has 1 aliphatic heterocycles. The summed E-state index contributed by atoms with van der Waals surface area (Å²) >= 11 is 1.75. The van der Waals surface area contributed by atoms with E-state index in [1.165, 1.54) is 26.1 Å². The highest BCUT2D eigenvalue weighted by atomic mass is 32.1. The Morgan fingerprint density at radius 3 is 2.54 bits per heavy atom. The number of amides is 1. The molecule has 1 aromatic heterocycles. The molecule has 1 saturated heterocycles. The smallest absolute Gasteiger partial charge is 0.275 e. The molecule has 2 aromatic carbocycles. The summed E-state index contributed by atoms with van der Waals surface area (Å²) in [7, 11) is 0. The summed E-state index contributed by atoms with van der Waals surface area (Å²) in [6.07, 6.45) is 0.932. The lowest BCUT2D eigenvalue weighted by Crippen LogP contribution is -3.28. The minimum Gasteiger partial charge on any atom is -0.351 e. The van der Waals surface area contributed by atoms with E-state index in [-0.39, 0.29) is 5.91 Å². The molecule has 146 valence electrons. The minimum absolute atomic E-state index is 0.184. The van der Waals surface area contributed by atoms with Gasteiger partial charge in [-0.25, -0.2) is 0 Å². The number of thiophene rings is 1. The fraction of sp³-hybridized carbons (Fsp3) is 0.348. The number of fused-ring (bicyclic) bond motifs is 1. The van der Waals surface area contributed by atoms with Crippen LogP contribution in [0.5, 0.6) is 0 Å². The molecule has 4 nitrogen and oxygen atoms in total. The average molecular weight is 396 g/mol. The van der Waals surface area contributed by atoms with Gasteiger partial charge in [0.25, 0.3) is 5.91 Å². The number of piperazine rings is 1. The molecule has 3 N–H and O–H groups in total. The summed E-state index contributed by atoms with van der Waals surface area (Å²) in [5.41, 5.74) is 1.43. The summed E-state index contributed by atoms with van der Waals surface area (Å²) in [4.78, 5) is 16.6. The lowest BCUT2D eigenvalue weighted by Gasteiger charge is -2.29. The second-order valence-electron chi connectivity index (χ2n) is 7.67. The van der Waals surface area contributed by atoms with Crippen LogP contribution in [0.3, 0.4) is 0 Å². The molecule has 1 amide bonds. The predicted octanol–water partition coefficient (Wildman–Crippen LogP) is 0.544. The van der Waals surface area contributed by atoms with Gasteiger partial charge in [-0.1, -0.05) is 48.5 Å².